The summed E-state index contributed by atoms with van der Waals surface area (Å²) in [7, 11) is 1.40. The molecule has 0 saturated carbocycles. The van der Waals surface area contributed by atoms with Crippen LogP contribution in [-0.2, 0) is 14.3 Å². The molecule has 0 aromatic heterocycles. The molecule has 0 spiro atoms. The van der Waals surface area contributed by atoms with Gasteiger partial charge in [-0.3, -0.25) is 24.5 Å². The molecule has 0 atom stereocenters. The predicted molar refractivity (Wildman–Crippen MR) is 101 cm³/mol. The normalized spacial score (nSPS) is 11.4. The fraction of sp³-hybridized carbons (Fsp3) is 0.200. The molecule has 0 fully saturated rings. The van der Waals surface area contributed by atoms with E-state index in [1.165, 1.54) is 25.3 Å². The zero-order chi connectivity index (χ0) is 21.5. The number of fused-ring (bicyclic) bond motifs is 1. The average molecular weight is 414 g/mol. The zero-order valence-electron chi connectivity index (χ0n) is 15.9. The quantitative estimate of drug-likeness (QED) is 0.632. The lowest BCUT2D eigenvalue weighted by atomic mass is 10.2. The number of carbonyl (C=O) groups excluding carboxylic acids is 4. The zero-order valence-corrected chi connectivity index (χ0v) is 15.9. The van der Waals surface area contributed by atoms with E-state index < -0.39 is 36.8 Å². The molecule has 1 heterocycles. The van der Waals surface area contributed by atoms with E-state index in [2.05, 4.69) is 10.6 Å². The van der Waals surface area contributed by atoms with Gasteiger partial charge in [0, 0.05) is 5.56 Å². The number of benzene rings is 2. The molecule has 0 bridgehead atoms. The second-order valence-electron chi connectivity index (χ2n) is 5.99. The number of hydrogen-bond donors (Lipinski definition) is 2. The summed E-state index contributed by atoms with van der Waals surface area (Å²) < 4.78 is 20.2. The molecular formula is C20H18N2O8. The summed E-state index contributed by atoms with van der Waals surface area (Å²) in [6, 6.07) is 10.9. The van der Waals surface area contributed by atoms with Crippen LogP contribution in [0.25, 0.3) is 0 Å². The fourth-order valence-corrected chi connectivity index (χ4v) is 2.55. The summed E-state index contributed by atoms with van der Waals surface area (Å²) in [5.41, 5.74) is 0.433. The number of ether oxygens (including phenoxy) is 4. The Bertz CT molecular complexity index is 989. The highest BCUT2D eigenvalue weighted by Gasteiger charge is 2.18. The van der Waals surface area contributed by atoms with Crippen molar-refractivity contribution >= 4 is 23.7 Å². The Balaban J connectivity index is 1.42. The molecule has 2 aromatic carbocycles. The molecule has 10 nitrogen and oxygen atoms in total. The van der Waals surface area contributed by atoms with E-state index in [9.17, 15) is 19.2 Å². The second-order valence-corrected chi connectivity index (χ2v) is 5.99. The van der Waals surface area contributed by atoms with Crippen LogP contribution < -0.4 is 24.8 Å². The number of esters is 1. The highest BCUT2D eigenvalue weighted by atomic mass is 16.7. The van der Waals surface area contributed by atoms with Gasteiger partial charge in [0.2, 0.25) is 6.79 Å². The molecule has 30 heavy (non-hydrogen) atoms. The topological polar surface area (TPSA) is 129 Å². The van der Waals surface area contributed by atoms with Gasteiger partial charge in [0.15, 0.2) is 18.1 Å². The number of para-hydroxylation sites is 1. The van der Waals surface area contributed by atoms with Crippen molar-refractivity contribution < 1.29 is 38.1 Å². The second kappa shape index (κ2) is 9.41. The van der Waals surface area contributed by atoms with Crippen molar-refractivity contribution in [3.8, 4) is 17.2 Å². The minimum Gasteiger partial charge on any atom is -0.496 e. The molecule has 0 radical (unpaired) electrons. The third-order valence-corrected chi connectivity index (χ3v) is 4.00. The predicted octanol–water partition coefficient (Wildman–Crippen LogP) is 0.653. The monoisotopic (exact) mass is 414 g/mol. The summed E-state index contributed by atoms with van der Waals surface area (Å²) in [6.07, 6.45) is 0. The van der Waals surface area contributed by atoms with Crippen LogP contribution in [0.2, 0.25) is 0 Å². The SMILES string of the molecule is COc1ccccc1C(=O)NC(=O)COC(=O)CNC(=O)c1ccc2c(c1)OCO2. The Labute approximate surface area is 171 Å². The highest BCUT2D eigenvalue weighted by molar-refractivity contribution is 6.06. The molecule has 156 valence electrons. The molecule has 3 amide bonds. The minimum atomic E-state index is -0.844. The number of rotatable bonds is 7. The average Bonchev–Trinajstić information content (AvgIpc) is 3.23. The number of amides is 3. The molecule has 2 aromatic rings. The van der Waals surface area contributed by atoms with E-state index in [0.717, 1.165) is 0 Å². The number of imide groups is 1. The fourth-order valence-electron chi connectivity index (χ4n) is 2.55. The standard InChI is InChI=1S/C20H18N2O8/c1-27-14-5-3-2-4-13(14)20(26)22-17(23)10-28-18(24)9-21-19(25)12-6-7-15-16(8-12)30-11-29-15/h2-8H,9-11H2,1H3,(H,21,25)(H,22,23,26). The first-order valence-electron chi connectivity index (χ1n) is 8.78. The number of methoxy groups -OCH3 is 1. The smallest absolute Gasteiger partial charge is 0.325 e. The van der Waals surface area contributed by atoms with Crippen LogP contribution in [-0.4, -0.2) is 50.7 Å². The van der Waals surface area contributed by atoms with Crippen LogP contribution >= 0.6 is 0 Å². The van der Waals surface area contributed by atoms with Crippen LogP contribution in [0.1, 0.15) is 20.7 Å². The maximum atomic E-state index is 12.1. The Morgan fingerprint density at radius 2 is 1.77 bits per heavy atom. The van der Waals surface area contributed by atoms with Gasteiger partial charge in [-0.25, -0.2) is 0 Å². The van der Waals surface area contributed by atoms with Crippen molar-refractivity contribution in [2.24, 2.45) is 0 Å². The van der Waals surface area contributed by atoms with E-state index in [0.29, 0.717) is 17.2 Å². The van der Waals surface area contributed by atoms with Gasteiger partial charge in [0.05, 0.1) is 12.7 Å². The van der Waals surface area contributed by atoms with Crippen molar-refractivity contribution in [2.75, 3.05) is 27.1 Å². The Hall–Kier alpha value is -4.08. The largest absolute Gasteiger partial charge is 0.496 e. The summed E-state index contributed by atoms with van der Waals surface area (Å²) in [5.74, 6) is -1.62. The van der Waals surface area contributed by atoms with E-state index in [-0.39, 0.29) is 17.9 Å². The summed E-state index contributed by atoms with van der Waals surface area (Å²) in [5, 5.41) is 4.46. The molecule has 0 unspecified atom stereocenters. The van der Waals surface area contributed by atoms with E-state index in [4.69, 9.17) is 18.9 Å². The third-order valence-electron chi connectivity index (χ3n) is 4.00. The van der Waals surface area contributed by atoms with Gasteiger partial charge in [-0.05, 0) is 30.3 Å². The number of hydrogen-bond acceptors (Lipinski definition) is 8. The Kier molecular flexibility index (Phi) is 6.48. The molecule has 1 aliphatic heterocycles. The molecule has 1 aliphatic rings. The van der Waals surface area contributed by atoms with Crippen LogP contribution in [0, 0.1) is 0 Å². The summed E-state index contributed by atoms with van der Waals surface area (Å²) in [6.45, 7) is -1.06. The van der Waals surface area contributed by atoms with E-state index in [1.807, 2.05) is 0 Å². The molecule has 0 aliphatic carbocycles. The lowest BCUT2D eigenvalue weighted by molar-refractivity contribution is -0.147. The van der Waals surface area contributed by atoms with Gasteiger partial charge in [0.25, 0.3) is 17.7 Å². The number of nitrogens with one attached hydrogen (secondary N) is 2. The Morgan fingerprint density at radius 3 is 2.57 bits per heavy atom. The molecule has 3 rings (SSSR count). The van der Waals surface area contributed by atoms with Gasteiger partial charge in [-0.2, -0.15) is 0 Å². The van der Waals surface area contributed by atoms with Gasteiger partial charge < -0.3 is 24.3 Å². The van der Waals surface area contributed by atoms with Crippen molar-refractivity contribution in [3.63, 3.8) is 0 Å². The Morgan fingerprint density at radius 1 is 1.00 bits per heavy atom. The van der Waals surface area contributed by atoms with Crippen LogP contribution in [0.5, 0.6) is 17.2 Å². The van der Waals surface area contributed by atoms with Gasteiger partial charge in [-0.15, -0.1) is 0 Å². The van der Waals surface area contributed by atoms with Crippen molar-refractivity contribution in [2.45, 2.75) is 0 Å². The van der Waals surface area contributed by atoms with Crippen LogP contribution in [0.3, 0.4) is 0 Å². The van der Waals surface area contributed by atoms with Crippen molar-refractivity contribution in [1.82, 2.24) is 10.6 Å². The third kappa shape index (κ3) is 5.04. The van der Waals surface area contributed by atoms with Crippen LogP contribution in [0.15, 0.2) is 42.5 Å². The highest BCUT2D eigenvalue weighted by Crippen LogP contribution is 2.32. The molecule has 10 heteroatoms. The van der Waals surface area contributed by atoms with Gasteiger partial charge in [0.1, 0.15) is 12.3 Å². The van der Waals surface area contributed by atoms with Crippen molar-refractivity contribution in [3.05, 3.63) is 53.6 Å². The van der Waals surface area contributed by atoms with Crippen molar-refractivity contribution in [1.29, 1.82) is 0 Å². The first-order valence-corrected chi connectivity index (χ1v) is 8.78. The van der Waals surface area contributed by atoms with Crippen LogP contribution in [0.4, 0.5) is 0 Å². The van der Waals surface area contributed by atoms with E-state index in [1.54, 1.807) is 24.3 Å². The van der Waals surface area contributed by atoms with E-state index >= 15 is 0 Å². The molecule has 2 N–H and O–H groups in total. The lowest BCUT2D eigenvalue weighted by Gasteiger charge is -2.09. The first kappa shape index (κ1) is 20.6. The maximum Gasteiger partial charge on any atom is 0.325 e. The summed E-state index contributed by atoms with van der Waals surface area (Å²) in [4.78, 5) is 47.8. The van der Waals surface area contributed by atoms with Gasteiger partial charge in [-0.1, -0.05) is 12.1 Å². The minimum absolute atomic E-state index is 0.0777. The summed E-state index contributed by atoms with van der Waals surface area (Å²) >= 11 is 0. The maximum absolute atomic E-state index is 12.1. The number of carbonyl (C=O) groups is 4. The first-order chi connectivity index (χ1) is 14.5. The lowest BCUT2D eigenvalue weighted by Crippen LogP contribution is -2.36. The van der Waals surface area contributed by atoms with Gasteiger partial charge >= 0.3 is 5.97 Å². The molecule has 0 saturated heterocycles. The molecular weight excluding hydrogens is 396 g/mol.